The maximum absolute atomic E-state index is 13.2. The summed E-state index contributed by atoms with van der Waals surface area (Å²) in [5.41, 5.74) is 5.83. The standard InChI is InChI=1S/C14H16F2N4/c1-14(2,3)12-18-11(19-13(17)20-12)6-8-4-9(15)7-10(16)5-8/h4-5,7H,6H2,1-3H3,(H2,17,18,19,20). The molecule has 0 unspecified atom stereocenters. The van der Waals surface area contributed by atoms with Crippen molar-refractivity contribution in [1.29, 1.82) is 0 Å². The lowest BCUT2D eigenvalue weighted by Crippen LogP contribution is -2.19. The zero-order chi connectivity index (χ0) is 14.9. The number of hydrogen-bond acceptors (Lipinski definition) is 4. The minimum Gasteiger partial charge on any atom is -0.368 e. The van der Waals surface area contributed by atoms with Crippen LogP contribution in [0.3, 0.4) is 0 Å². The van der Waals surface area contributed by atoms with Crippen LogP contribution in [0, 0.1) is 11.6 Å². The number of benzene rings is 1. The third-order valence-electron chi connectivity index (χ3n) is 2.65. The molecule has 0 aliphatic carbocycles. The number of nitrogen functional groups attached to an aromatic ring is 1. The van der Waals surface area contributed by atoms with E-state index in [0.29, 0.717) is 17.2 Å². The number of anilines is 1. The predicted molar refractivity (Wildman–Crippen MR) is 72.1 cm³/mol. The molecule has 2 N–H and O–H groups in total. The summed E-state index contributed by atoms with van der Waals surface area (Å²) in [5.74, 6) is -0.197. The highest BCUT2D eigenvalue weighted by atomic mass is 19.1. The molecule has 1 aromatic carbocycles. The Labute approximate surface area is 116 Å². The molecular weight excluding hydrogens is 262 g/mol. The molecule has 0 saturated carbocycles. The van der Waals surface area contributed by atoms with Crippen LogP contribution in [0.2, 0.25) is 0 Å². The van der Waals surface area contributed by atoms with Gasteiger partial charge in [-0.15, -0.1) is 0 Å². The Morgan fingerprint density at radius 2 is 1.60 bits per heavy atom. The van der Waals surface area contributed by atoms with Crippen LogP contribution in [0.15, 0.2) is 18.2 Å². The summed E-state index contributed by atoms with van der Waals surface area (Å²) in [5, 5.41) is 0. The molecule has 1 aromatic heterocycles. The van der Waals surface area contributed by atoms with Gasteiger partial charge in [0.1, 0.15) is 23.3 Å². The molecule has 0 aliphatic rings. The molecular formula is C14H16F2N4. The van der Waals surface area contributed by atoms with E-state index in [1.807, 2.05) is 20.8 Å². The molecule has 106 valence electrons. The fourth-order valence-corrected chi connectivity index (χ4v) is 1.75. The average molecular weight is 278 g/mol. The zero-order valence-electron chi connectivity index (χ0n) is 11.6. The van der Waals surface area contributed by atoms with Crippen molar-refractivity contribution in [3.8, 4) is 0 Å². The van der Waals surface area contributed by atoms with Gasteiger partial charge in [0.2, 0.25) is 5.95 Å². The van der Waals surface area contributed by atoms with E-state index < -0.39 is 11.6 Å². The van der Waals surface area contributed by atoms with E-state index in [1.165, 1.54) is 12.1 Å². The van der Waals surface area contributed by atoms with Gasteiger partial charge in [-0.05, 0) is 17.7 Å². The molecule has 0 radical (unpaired) electrons. The second-order valence-electron chi connectivity index (χ2n) is 5.64. The smallest absolute Gasteiger partial charge is 0.223 e. The molecule has 0 atom stereocenters. The molecule has 0 bridgehead atoms. The van der Waals surface area contributed by atoms with Gasteiger partial charge in [-0.25, -0.2) is 13.8 Å². The number of hydrogen-bond donors (Lipinski definition) is 1. The number of aromatic nitrogens is 3. The summed E-state index contributed by atoms with van der Waals surface area (Å²) in [6, 6.07) is 3.32. The van der Waals surface area contributed by atoms with Gasteiger partial charge >= 0.3 is 0 Å². The van der Waals surface area contributed by atoms with Crippen molar-refractivity contribution in [2.75, 3.05) is 5.73 Å². The molecule has 2 rings (SSSR count). The maximum atomic E-state index is 13.2. The van der Waals surface area contributed by atoms with Gasteiger partial charge in [-0.1, -0.05) is 20.8 Å². The normalized spacial score (nSPS) is 11.7. The van der Waals surface area contributed by atoms with Gasteiger partial charge in [0.05, 0.1) is 0 Å². The Morgan fingerprint density at radius 1 is 1.00 bits per heavy atom. The molecule has 0 spiro atoms. The van der Waals surface area contributed by atoms with Crippen molar-refractivity contribution in [3.63, 3.8) is 0 Å². The molecule has 6 heteroatoms. The molecule has 20 heavy (non-hydrogen) atoms. The summed E-state index contributed by atoms with van der Waals surface area (Å²) in [4.78, 5) is 12.4. The third-order valence-corrected chi connectivity index (χ3v) is 2.65. The fourth-order valence-electron chi connectivity index (χ4n) is 1.75. The molecule has 2 aromatic rings. The van der Waals surface area contributed by atoms with Crippen molar-refractivity contribution >= 4 is 5.95 Å². The highest BCUT2D eigenvalue weighted by Gasteiger charge is 2.19. The zero-order valence-corrected chi connectivity index (χ0v) is 11.6. The highest BCUT2D eigenvalue weighted by Crippen LogP contribution is 2.19. The van der Waals surface area contributed by atoms with E-state index in [1.54, 1.807) is 0 Å². The van der Waals surface area contributed by atoms with E-state index in [9.17, 15) is 8.78 Å². The lowest BCUT2D eigenvalue weighted by molar-refractivity contribution is 0.538. The summed E-state index contributed by atoms with van der Waals surface area (Å²) in [7, 11) is 0. The van der Waals surface area contributed by atoms with Crippen LogP contribution in [0.1, 0.15) is 38.0 Å². The Bertz CT molecular complexity index is 615. The van der Waals surface area contributed by atoms with E-state index in [-0.39, 0.29) is 17.8 Å². The fraction of sp³-hybridized carbons (Fsp3) is 0.357. The molecule has 0 amide bonds. The third kappa shape index (κ3) is 3.46. The number of rotatable bonds is 2. The topological polar surface area (TPSA) is 64.7 Å². The Balaban J connectivity index is 2.36. The summed E-state index contributed by atoms with van der Waals surface area (Å²) < 4.78 is 26.3. The number of halogens is 2. The molecule has 4 nitrogen and oxygen atoms in total. The second-order valence-corrected chi connectivity index (χ2v) is 5.64. The Kier molecular flexibility index (Phi) is 3.65. The average Bonchev–Trinajstić information content (AvgIpc) is 2.25. The minimum atomic E-state index is -0.627. The Morgan fingerprint density at radius 3 is 2.15 bits per heavy atom. The van der Waals surface area contributed by atoms with Gasteiger partial charge in [0.15, 0.2) is 0 Å². The quantitative estimate of drug-likeness (QED) is 0.917. The molecule has 1 heterocycles. The van der Waals surface area contributed by atoms with Gasteiger partial charge in [-0.3, -0.25) is 0 Å². The van der Waals surface area contributed by atoms with Gasteiger partial charge < -0.3 is 5.73 Å². The van der Waals surface area contributed by atoms with Crippen LogP contribution in [-0.4, -0.2) is 15.0 Å². The molecule has 0 aliphatic heterocycles. The monoisotopic (exact) mass is 278 g/mol. The first kappa shape index (κ1) is 14.3. The van der Waals surface area contributed by atoms with Crippen molar-refractivity contribution in [1.82, 2.24) is 15.0 Å². The second kappa shape index (κ2) is 5.11. The van der Waals surface area contributed by atoms with E-state index in [4.69, 9.17) is 5.73 Å². The first-order valence-corrected chi connectivity index (χ1v) is 6.20. The van der Waals surface area contributed by atoms with Crippen LogP contribution in [-0.2, 0) is 11.8 Å². The SMILES string of the molecule is CC(C)(C)c1nc(N)nc(Cc2cc(F)cc(F)c2)n1. The van der Waals surface area contributed by atoms with Crippen LogP contribution in [0.25, 0.3) is 0 Å². The van der Waals surface area contributed by atoms with E-state index >= 15 is 0 Å². The maximum Gasteiger partial charge on any atom is 0.223 e. The lowest BCUT2D eigenvalue weighted by Gasteiger charge is -2.17. The van der Waals surface area contributed by atoms with Crippen LogP contribution in [0.4, 0.5) is 14.7 Å². The van der Waals surface area contributed by atoms with E-state index in [0.717, 1.165) is 6.07 Å². The number of nitrogens with two attached hydrogens (primary N) is 1. The highest BCUT2D eigenvalue weighted by molar-refractivity contribution is 5.25. The summed E-state index contributed by atoms with van der Waals surface area (Å²) in [6.45, 7) is 5.86. The van der Waals surface area contributed by atoms with Gasteiger partial charge in [0, 0.05) is 17.9 Å². The molecule has 0 saturated heterocycles. The van der Waals surface area contributed by atoms with Gasteiger partial charge in [-0.2, -0.15) is 9.97 Å². The predicted octanol–water partition coefficient (Wildman–Crippen LogP) is 2.62. The minimum absolute atomic E-state index is 0.108. The van der Waals surface area contributed by atoms with Crippen molar-refractivity contribution < 1.29 is 8.78 Å². The Hall–Kier alpha value is -2.11. The van der Waals surface area contributed by atoms with E-state index in [2.05, 4.69) is 15.0 Å². The first-order chi connectivity index (χ1) is 9.24. The van der Waals surface area contributed by atoms with Crippen molar-refractivity contribution in [2.24, 2.45) is 0 Å². The van der Waals surface area contributed by atoms with Gasteiger partial charge in [0.25, 0.3) is 0 Å². The first-order valence-electron chi connectivity index (χ1n) is 6.20. The van der Waals surface area contributed by atoms with Crippen molar-refractivity contribution in [2.45, 2.75) is 32.6 Å². The van der Waals surface area contributed by atoms with Crippen LogP contribution >= 0.6 is 0 Å². The molecule has 0 fully saturated rings. The number of nitrogens with zero attached hydrogens (tertiary/aromatic N) is 3. The van der Waals surface area contributed by atoms with Crippen LogP contribution < -0.4 is 5.73 Å². The van der Waals surface area contributed by atoms with Crippen LogP contribution in [0.5, 0.6) is 0 Å². The van der Waals surface area contributed by atoms with Crippen molar-refractivity contribution in [3.05, 3.63) is 47.0 Å². The largest absolute Gasteiger partial charge is 0.368 e. The summed E-state index contributed by atoms with van der Waals surface area (Å²) >= 11 is 0. The summed E-state index contributed by atoms with van der Waals surface area (Å²) in [6.07, 6.45) is 0.199. The lowest BCUT2D eigenvalue weighted by atomic mass is 9.96.